The molecule has 0 bridgehead atoms. The van der Waals surface area contributed by atoms with Crippen LogP contribution in [0, 0.1) is 0 Å². The van der Waals surface area contributed by atoms with Crippen LogP contribution in [0.25, 0.3) is 0 Å². The van der Waals surface area contributed by atoms with Gasteiger partial charge < -0.3 is 15.1 Å². The lowest BCUT2D eigenvalue weighted by atomic mass is 9.86. The van der Waals surface area contributed by atoms with Gasteiger partial charge in [-0.3, -0.25) is 9.59 Å². The highest BCUT2D eigenvalue weighted by Crippen LogP contribution is 2.39. The van der Waals surface area contributed by atoms with Gasteiger partial charge >= 0.3 is 0 Å². The molecule has 1 aliphatic carbocycles. The molecule has 2 amide bonds. The second kappa shape index (κ2) is 8.31. The van der Waals surface area contributed by atoms with Crippen LogP contribution in [0.1, 0.15) is 70.9 Å². The Balaban J connectivity index is 1.42. The van der Waals surface area contributed by atoms with E-state index in [1.807, 2.05) is 29.2 Å². The van der Waals surface area contributed by atoms with E-state index in [0.29, 0.717) is 6.04 Å². The number of allylic oxidation sites excluding steroid dienone is 2. The number of piperidine rings is 1. The molecule has 156 valence electrons. The molecule has 2 fully saturated rings. The largest absolute Gasteiger partial charge is 0.341 e. The van der Waals surface area contributed by atoms with Crippen molar-refractivity contribution in [1.82, 2.24) is 10.2 Å². The van der Waals surface area contributed by atoms with Gasteiger partial charge in [-0.2, -0.15) is 0 Å². The molecule has 2 aliphatic heterocycles. The number of rotatable bonds is 3. The second-order valence-corrected chi connectivity index (χ2v) is 9.00. The van der Waals surface area contributed by atoms with Gasteiger partial charge in [0.2, 0.25) is 5.91 Å². The van der Waals surface area contributed by atoms with Crippen molar-refractivity contribution in [2.45, 2.75) is 77.4 Å². The lowest BCUT2D eigenvalue weighted by Gasteiger charge is -2.42. The molecular formula is C24H33N3O2. The zero-order chi connectivity index (χ0) is 20.5. The molecule has 29 heavy (non-hydrogen) atoms. The van der Waals surface area contributed by atoms with Crippen LogP contribution in [0.2, 0.25) is 0 Å². The fraction of sp³-hybridized carbons (Fsp3) is 0.583. The predicted molar refractivity (Wildman–Crippen MR) is 116 cm³/mol. The van der Waals surface area contributed by atoms with Crippen LogP contribution in [0.4, 0.5) is 5.69 Å². The minimum atomic E-state index is -0.539. The van der Waals surface area contributed by atoms with Gasteiger partial charge in [0.15, 0.2) is 0 Å². The molecule has 2 heterocycles. The molecule has 1 aromatic carbocycles. The van der Waals surface area contributed by atoms with Gasteiger partial charge in [-0.05, 0) is 58.4 Å². The molecule has 0 spiro atoms. The number of likely N-dealkylation sites (tertiary alicyclic amines) is 1. The average molecular weight is 396 g/mol. The number of hydrogen-bond acceptors (Lipinski definition) is 3. The summed E-state index contributed by atoms with van der Waals surface area (Å²) in [6, 6.07) is 8.27. The van der Waals surface area contributed by atoms with Crippen molar-refractivity contribution in [3.8, 4) is 0 Å². The lowest BCUT2D eigenvalue weighted by molar-refractivity contribution is -0.126. The van der Waals surface area contributed by atoms with E-state index in [1.54, 1.807) is 5.57 Å². The Morgan fingerprint density at radius 2 is 1.62 bits per heavy atom. The number of para-hydroxylation sites is 1. The van der Waals surface area contributed by atoms with Gasteiger partial charge in [0, 0.05) is 43.3 Å². The Hall–Kier alpha value is -2.14. The van der Waals surface area contributed by atoms with E-state index in [4.69, 9.17) is 0 Å². The first-order valence-corrected chi connectivity index (χ1v) is 11.0. The Labute approximate surface area is 174 Å². The molecule has 1 saturated carbocycles. The smallest absolute Gasteiger partial charge is 0.254 e. The molecule has 1 saturated heterocycles. The molecule has 0 radical (unpaired) electrons. The Bertz CT molecular complexity index is 809. The topological polar surface area (TPSA) is 52.7 Å². The van der Waals surface area contributed by atoms with E-state index < -0.39 is 6.04 Å². The van der Waals surface area contributed by atoms with Gasteiger partial charge in [0.25, 0.3) is 5.91 Å². The van der Waals surface area contributed by atoms with Crippen LogP contribution < -0.4 is 10.2 Å². The summed E-state index contributed by atoms with van der Waals surface area (Å²) in [4.78, 5) is 29.4. The molecule has 5 nitrogen and oxygen atoms in total. The number of nitrogens with one attached hydrogen (secondary N) is 1. The number of amides is 2. The zero-order valence-corrected chi connectivity index (χ0v) is 17.9. The maximum Gasteiger partial charge on any atom is 0.254 e. The van der Waals surface area contributed by atoms with Crippen molar-refractivity contribution in [2.75, 3.05) is 18.0 Å². The first-order chi connectivity index (χ1) is 14.0. The molecule has 1 unspecified atom stereocenters. The van der Waals surface area contributed by atoms with Crippen LogP contribution in [-0.2, 0) is 9.59 Å². The summed E-state index contributed by atoms with van der Waals surface area (Å²) in [5.41, 5.74) is 5.05. The summed E-state index contributed by atoms with van der Waals surface area (Å²) < 4.78 is 0. The first-order valence-electron chi connectivity index (χ1n) is 11.0. The third-order valence-electron chi connectivity index (χ3n) is 6.99. The fourth-order valence-electron chi connectivity index (χ4n) is 5.39. The summed E-state index contributed by atoms with van der Waals surface area (Å²) >= 11 is 0. The van der Waals surface area contributed by atoms with E-state index >= 15 is 0 Å². The second-order valence-electron chi connectivity index (χ2n) is 9.00. The molecular weight excluding hydrogens is 362 g/mol. The minimum absolute atomic E-state index is 0.0192. The number of benzene rings is 1. The Morgan fingerprint density at radius 1 is 0.966 bits per heavy atom. The third kappa shape index (κ3) is 3.97. The number of carbonyl (C=O) groups excluding carboxylic acids is 2. The highest BCUT2D eigenvalue weighted by molar-refractivity contribution is 6.06. The van der Waals surface area contributed by atoms with Crippen LogP contribution in [0.3, 0.4) is 0 Å². The number of fused-ring (bicyclic) bond motifs is 1. The summed E-state index contributed by atoms with van der Waals surface area (Å²) in [6.07, 6.45) is 7.01. The van der Waals surface area contributed by atoms with E-state index in [9.17, 15) is 9.59 Å². The van der Waals surface area contributed by atoms with Crippen LogP contribution >= 0.6 is 0 Å². The molecule has 0 aromatic heterocycles. The van der Waals surface area contributed by atoms with Crippen molar-refractivity contribution in [2.24, 2.45) is 0 Å². The van der Waals surface area contributed by atoms with Gasteiger partial charge in [0.05, 0.1) is 0 Å². The molecule has 5 heteroatoms. The summed E-state index contributed by atoms with van der Waals surface area (Å²) in [7, 11) is 0. The zero-order valence-electron chi connectivity index (χ0n) is 17.9. The fourth-order valence-corrected chi connectivity index (χ4v) is 5.39. The highest BCUT2D eigenvalue weighted by atomic mass is 16.2. The number of nitrogens with zero attached hydrogens (tertiary/aromatic N) is 2. The first kappa shape index (κ1) is 20.1. The van der Waals surface area contributed by atoms with Crippen LogP contribution in [-0.4, -0.2) is 41.9 Å². The SMILES string of the molecule is CC(=O)NC1C(=O)N(C2CCN(C3CCC(=C(C)C)CC3)CC2)c2ccccc21. The van der Waals surface area contributed by atoms with Crippen LogP contribution in [0.5, 0.6) is 0 Å². The highest BCUT2D eigenvalue weighted by Gasteiger charge is 2.42. The minimum Gasteiger partial charge on any atom is -0.341 e. The summed E-state index contributed by atoms with van der Waals surface area (Å²) in [5, 5.41) is 2.85. The van der Waals surface area contributed by atoms with Crippen molar-refractivity contribution in [3.05, 3.63) is 41.0 Å². The van der Waals surface area contributed by atoms with E-state index in [-0.39, 0.29) is 17.9 Å². The molecule has 4 rings (SSSR count). The van der Waals surface area contributed by atoms with Gasteiger partial charge in [-0.1, -0.05) is 29.3 Å². The van der Waals surface area contributed by atoms with Gasteiger partial charge in [0.1, 0.15) is 6.04 Å². The Kier molecular flexibility index (Phi) is 5.77. The van der Waals surface area contributed by atoms with Crippen molar-refractivity contribution in [3.63, 3.8) is 0 Å². The maximum atomic E-state index is 13.2. The van der Waals surface area contributed by atoms with Crippen molar-refractivity contribution >= 4 is 17.5 Å². The Morgan fingerprint density at radius 3 is 2.24 bits per heavy atom. The molecule has 1 N–H and O–H groups in total. The predicted octanol–water partition coefficient (Wildman–Crippen LogP) is 3.95. The lowest BCUT2D eigenvalue weighted by Crippen LogP contribution is -2.50. The van der Waals surface area contributed by atoms with Crippen LogP contribution in [0.15, 0.2) is 35.4 Å². The summed E-state index contributed by atoms with van der Waals surface area (Å²) in [5.74, 6) is -0.145. The maximum absolute atomic E-state index is 13.2. The molecule has 3 aliphatic rings. The third-order valence-corrected chi connectivity index (χ3v) is 6.99. The van der Waals surface area contributed by atoms with Crippen molar-refractivity contribution < 1.29 is 9.59 Å². The normalized spacial score (nSPS) is 25.8. The monoisotopic (exact) mass is 395 g/mol. The number of anilines is 1. The standard InChI is InChI=1S/C24H33N3O2/c1-16(2)18-8-10-19(11-9-18)26-14-12-20(13-15-26)27-22-7-5-4-6-21(22)23(24(27)29)25-17(3)28/h4-7,19-20,23H,8-15H2,1-3H3,(H,25,28). The quantitative estimate of drug-likeness (QED) is 0.789. The number of carbonyl (C=O) groups is 2. The van der Waals surface area contributed by atoms with E-state index in [2.05, 4.69) is 24.1 Å². The van der Waals surface area contributed by atoms with Gasteiger partial charge in [-0.25, -0.2) is 0 Å². The summed E-state index contributed by atoms with van der Waals surface area (Å²) in [6.45, 7) is 8.05. The van der Waals surface area contributed by atoms with Gasteiger partial charge in [-0.15, -0.1) is 0 Å². The van der Waals surface area contributed by atoms with E-state index in [1.165, 1.54) is 38.2 Å². The van der Waals surface area contributed by atoms with Crippen molar-refractivity contribution in [1.29, 1.82) is 0 Å². The average Bonchev–Trinajstić information content (AvgIpc) is 2.99. The number of hydrogen-bond donors (Lipinski definition) is 1. The molecule has 1 aromatic rings. The molecule has 1 atom stereocenters. The van der Waals surface area contributed by atoms with E-state index in [0.717, 1.165) is 37.2 Å².